The Labute approximate surface area is 128 Å². The molecule has 0 bridgehead atoms. The second kappa shape index (κ2) is 5.52. The quantitative estimate of drug-likeness (QED) is 0.807. The summed E-state index contributed by atoms with van der Waals surface area (Å²) in [6.07, 6.45) is 3.52. The van der Waals surface area contributed by atoms with Gasteiger partial charge in [-0.1, -0.05) is 0 Å². The van der Waals surface area contributed by atoms with Crippen molar-refractivity contribution in [2.24, 2.45) is 7.05 Å². The molecule has 1 aromatic carbocycles. The van der Waals surface area contributed by atoms with Crippen molar-refractivity contribution in [2.45, 2.75) is 6.92 Å². The molecule has 3 rings (SSSR count). The van der Waals surface area contributed by atoms with Crippen LogP contribution in [0.2, 0.25) is 0 Å². The molecule has 0 saturated carbocycles. The summed E-state index contributed by atoms with van der Waals surface area (Å²) >= 11 is 0. The van der Waals surface area contributed by atoms with E-state index >= 15 is 0 Å². The van der Waals surface area contributed by atoms with Gasteiger partial charge in [-0.2, -0.15) is 0 Å². The zero-order valence-electron chi connectivity index (χ0n) is 12.8. The highest BCUT2D eigenvalue weighted by Crippen LogP contribution is 2.23. The minimum absolute atomic E-state index is 0.146. The van der Waals surface area contributed by atoms with E-state index in [-0.39, 0.29) is 5.91 Å². The highest BCUT2D eigenvalue weighted by atomic mass is 16.5. The van der Waals surface area contributed by atoms with Gasteiger partial charge in [0.1, 0.15) is 11.4 Å². The Balaban J connectivity index is 1.94. The predicted octanol–water partition coefficient (Wildman–Crippen LogP) is 3.14. The van der Waals surface area contributed by atoms with Gasteiger partial charge in [0.25, 0.3) is 5.91 Å². The number of methoxy groups -OCH3 is 1. The molecule has 0 atom stereocenters. The summed E-state index contributed by atoms with van der Waals surface area (Å²) in [7, 11) is 3.50. The second-order valence-electron chi connectivity index (χ2n) is 5.16. The van der Waals surface area contributed by atoms with Crippen molar-refractivity contribution in [2.75, 3.05) is 12.4 Å². The van der Waals surface area contributed by atoms with Gasteiger partial charge in [-0.05, 0) is 42.8 Å². The van der Waals surface area contributed by atoms with Gasteiger partial charge in [0.05, 0.1) is 12.7 Å². The molecule has 1 amide bonds. The number of aromatic nitrogens is 2. The topological polar surface area (TPSA) is 56.1 Å². The zero-order valence-corrected chi connectivity index (χ0v) is 12.8. The van der Waals surface area contributed by atoms with Gasteiger partial charge in [-0.25, -0.2) is 4.98 Å². The van der Waals surface area contributed by atoms with Crippen LogP contribution in [0.4, 0.5) is 5.69 Å². The van der Waals surface area contributed by atoms with E-state index in [0.717, 1.165) is 28.0 Å². The molecule has 2 aromatic heterocycles. The third kappa shape index (κ3) is 2.41. The van der Waals surface area contributed by atoms with Gasteiger partial charge >= 0.3 is 0 Å². The molecule has 0 radical (unpaired) electrons. The number of ether oxygens (including phenoxy) is 1. The molecule has 2 heterocycles. The van der Waals surface area contributed by atoms with E-state index in [2.05, 4.69) is 10.3 Å². The summed E-state index contributed by atoms with van der Waals surface area (Å²) in [5.74, 6) is 0.622. The number of fused-ring (bicyclic) bond motifs is 1. The number of hydrogen-bond acceptors (Lipinski definition) is 3. The first-order valence-electron chi connectivity index (χ1n) is 6.96. The van der Waals surface area contributed by atoms with Crippen LogP contribution < -0.4 is 10.1 Å². The zero-order chi connectivity index (χ0) is 15.7. The number of rotatable bonds is 3. The highest BCUT2D eigenvalue weighted by molar-refractivity contribution is 6.12. The third-order valence-electron chi connectivity index (χ3n) is 3.66. The van der Waals surface area contributed by atoms with Crippen molar-refractivity contribution < 1.29 is 9.53 Å². The molecule has 5 heteroatoms. The maximum Gasteiger partial charge on any atom is 0.257 e. The van der Waals surface area contributed by atoms with E-state index in [1.54, 1.807) is 19.5 Å². The molecule has 0 aliphatic carbocycles. The first-order chi connectivity index (χ1) is 10.6. The van der Waals surface area contributed by atoms with Crippen LogP contribution in [0, 0.1) is 6.92 Å². The van der Waals surface area contributed by atoms with E-state index < -0.39 is 0 Å². The third-order valence-corrected chi connectivity index (χ3v) is 3.66. The van der Waals surface area contributed by atoms with Gasteiger partial charge < -0.3 is 14.6 Å². The molecule has 0 saturated heterocycles. The fraction of sp³-hybridized carbons (Fsp3) is 0.176. The summed E-state index contributed by atoms with van der Waals surface area (Å²) in [6, 6.07) is 9.29. The van der Waals surface area contributed by atoms with E-state index in [4.69, 9.17) is 4.74 Å². The monoisotopic (exact) mass is 295 g/mol. The lowest BCUT2D eigenvalue weighted by Gasteiger charge is -2.09. The van der Waals surface area contributed by atoms with Crippen LogP contribution in [0.15, 0.2) is 42.7 Å². The lowest BCUT2D eigenvalue weighted by molar-refractivity contribution is 0.102. The first kappa shape index (κ1) is 14.1. The van der Waals surface area contributed by atoms with Crippen LogP contribution in [-0.2, 0) is 7.05 Å². The Morgan fingerprint density at radius 1 is 1.32 bits per heavy atom. The lowest BCUT2D eigenvalue weighted by Crippen LogP contribution is -2.12. The van der Waals surface area contributed by atoms with Crippen molar-refractivity contribution in [1.82, 2.24) is 9.55 Å². The number of aryl methyl sites for hydroxylation is 2. The minimum atomic E-state index is -0.146. The van der Waals surface area contributed by atoms with Crippen molar-refractivity contribution in [3.8, 4) is 5.75 Å². The molecule has 112 valence electrons. The lowest BCUT2D eigenvalue weighted by atomic mass is 10.1. The van der Waals surface area contributed by atoms with Crippen LogP contribution in [0.25, 0.3) is 11.0 Å². The average Bonchev–Trinajstić information content (AvgIpc) is 2.87. The summed E-state index contributed by atoms with van der Waals surface area (Å²) in [6.45, 7) is 1.93. The van der Waals surface area contributed by atoms with Crippen LogP contribution >= 0.6 is 0 Å². The number of carbonyl (C=O) groups is 1. The second-order valence-corrected chi connectivity index (χ2v) is 5.16. The largest absolute Gasteiger partial charge is 0.497 e. The van der Waals surface area contributed by atoms with Gasteiger partial charge in [-0.3, -0.25) is 4.79 Å². The number of nitrogens with one attached hydrogen (secondary N) is 1. The number of anilines is 1. The Morgan fingerprint density at radius 2 is 2.14 bits per heavy atom. The molecular weight excluding hydrogens is 278 g/mol. The summed E-state index contributed by atoms with van der Waals surface area (Å²) < 4.78 is 7.03. The highest BCUT2D eigenvalue weighted by Gasteiger charge is 2.15. The van der Waals surface area contributed by atoms with Crippen LogP contribution in [0.1, 0.15) is 15.9 Å². The van der Waals surface area contributed by atoms with Crippen LogP contribution in [-0.4, -0.2) is 22.6 Å². The van der Waals surface area contributed by atoms with Gasteiger partial charge in [0.15, 0.2) is 0 Å². The number of hydrogen-bond donors (Lipinski definition) is 1. The van der Waals surface area contributed by atoms with Crippen molar-refractivity contribution in [3.63, 3.8) is 0 Å². The van der Waals surface area contributed by atoms with Crippen LogP contribution in [0.3, 0.4) is 0 Å². The average molecular weight is 295 g/mol. The molecule has 0 aliphatic heterocycles. The van der Waals surface area contributed by atoms with Crippen LogP contribution in [0.5, 0.6) is 5.75 Å². The van der Waals surface area contributed by atoms with Crippen molar-refractivity contribution >= 4 is 22.6 Å². The predicted molar refractivity (Wildman–Crippen MR) is 86.4 cm³/mol. The van der Waals surface area contributed by atoms with E-state index in [0.29, 0.717) is 5.56 Å². The maximum absolute atomic E-state index is 12.6. The number of amides is 1. The van der Waals surface area contributed by atoms with Gasteiger partial charge in [0, 0.05) is 30.5 Å². The normalized spacial score (nSPS) is 10.7. The number of pyridine rings is 1. The molecule has 0 fully saturated rings. The van der Waals surface area contributed by atoms with E-state index in [9.17, 15) is 4.79 Å². The number of carbonyl (C=O) groups excluding carboxylic acids is 1. The molecule has 22 heavy (non-hydrogen) atoms. The van der Waals surface area contributed by atoms with Crippen molar-refractivity contribution in [3.05, 3.63) is 53.9 Å². The maximum atomic E-state index is 12.6. The molecule has 5 nitrogen and oxygen atoms in total. The fourth-order valence-electron chi connectivity index (χ4n) is 2.49. The van der Waals surface area contributed by atoms with E-state index in [1.165, 1.54) is 0 Å². The molecule has 0 aliphatic rings. The Hall–Kier alpha value is -2.82. The van der Waals surface area contributed by atoms with Crippen molar-refractivity contribution in [1.29, 1.82) is 0 Å². The summed E-state index contributed by atoms with van der Waals surface area (Å²) in [5, 5.41) is 3.79. The Bertz CT molecular complexity index is 852. The minimum Gasteiger partial charge on any atom is -0.497 e. The smallest absolute Gasteiger partial charge is 0.257 e. The van der Waals surface area contributed by atoms with Gasteiger partial charge in [0.2, 0.25) is 0 Å². The Morgan fingerprint density at radius 3 is 2.86 bits per heavy atom. The summed E-state index contributed by atoms with van der Waals surface area (Å²) in [5.41, 5.74) is 3.12. The Kier molecular flexibility index (Phi) is 3.55. The number of benzene rings is 1. The first-order valence-corrected chi connectivity index (χ1v) is 6.96. The standard InChI is InChI=1S/C17H17N3O2/c1-11-9-12(22-3)6-7-15(11)19-17(21)14-10-20(2)16-13(14)5-4-8-18-16/h4-10H,1-3H3,(H,19,21). The molecule has 0 unspecified atom stereocenters. The molecule has 3 aromatic rings. The van der Waals surface area contributed by atoms with Gasteiger partial charge in [-0.15, -0.1) is 0 Å². The SMILES string of the molecule is COc1ccc(NC(=O)c2cn(C)c3ncccc23)c(C)c1. The van der Waals surface area contributed by atoms with E-state index in [1.807, 2.05) is 48.9 Å². The molecular formula is C17H17N3O2. The summed E-state index contributed by atoms with van der Waals surface area (Å²) in [4.78, 5) is 16.9. The number of nitrogens with zero attached hydrogens (tertiary/aromatic N) is 2. The molecule has 0 spiro atoms. The molecule has 1 N–H and O–H groups in total. The fourth-order valence-corrected chi connectivity index (χ4v) is 2.49.